The van der Waals surface area contributed by atoms with E-state index < -0.39 is 0 Å². The van der Waals surface area contributed by atoms with E-state index in [0.29, 0.717) is 0 Å². The fourth-order valence-corrected chi connectivity index (χ4v) is 2.51. The van der Waals surface area contributed by atoms with Crippen molar-refractivity contribution in [3.63, 3.8) is 0 Å². The van der Waals surface area contributed by atoms with Crippen LogP contribution in [0.5, 0.6) is 0 Å². The highest BCUT2D eigenvalue weighted by Gasteiger charge is 2.07. The van der Waals surface area contributed by atoms with Gasteiger partial charge in [0.1, 0.15) is 0 Å². The molecule has 0 saturated carbocycles. The number of aromatic nitrogens is 4. The lowest BCUT2D eigenvalue weighted by atomic mass is 10.4. The monoisotopic (exact) mass is 308 g/mol. The van der Waals surface area contributed by atoms with Crippen molar-refractivity contribution in [2.75, 3.05) is 0 Å². The van der Waals surface area contributed by atoms with Gasteiger partial charge in [-0.3, -0.25) is 19.0 Å². The first-order valence-corrected chi connectivity index (χ1v) is 7.58. The first-order valence-electron chi connectivity index (χ1n) is 7.58. The molecule has 2 aromatic heterocycles. The third-order valence-electron chi connectivity index (χ3n) is 3.76. The number of hydrogen-bond acceptors (Lipinski definition) is 2. The van der Waals surface area contributed by atoms with E-state index in [0.717, 1.165) is 11.4 Å². The molecule has 2 aromatic rings. The van der Waals surface area contributed by atoms with Gasteiger partial charge in [0.15, 0.2) is 0 Å². The van der Waals surface area contributed by atoms with Crippen LogP contribution in [0.15, 0.2) is 21.7 Å². The van der Waals surface area contributed by atoms with Crippen molar-refractivity contribution in [3.05, 3.63) is 44.2 Å². The molecule has 124 valence electrons. The summed E-state index contributed by atoms with van der Waals surface area (Å²) in [6, 6.07) is 3.78. The van der Waals surface area contributed by atoms with E-state index in [-0.39, 0.29) is 23.2 Å². The van der Waals surface area contributed by atoms with E-state index in [1.54, 1.807) is 21.5 Å². The Hall–Kier alpha value is -1.98. The first kappa shape index (κ1) is 18.1. The minimum Gasteiger partial charge on any atom is -0.290 e. The summed E-state index contributed by atoms with van der Waals surface area (Å²) in [5, 5.41) is 0. The van der Waals surface area contributed by atoms with Gasteiger partial charge in [-0.25, -0.2) is 9.36 Å². The second-order valence-corrected chi connectivity index (χ2v) is 6.17. The Morgan fingerprint density at radius 3 is 1.09 bits per heavy atom. The maximum Gasteiger partial charge on any atom is 0.267 e. The largest absolute Gasteiger partial charge is 0.290 e. The Labute approximate surface area is 131 Å². The van der Waals surface area contributed by atoms with Crippen LogP contribution < -0.4 is 11.1 Å². The van der Waals surface area contributed by atoms with Gasteiger partial charge in [-0.2, -0.15) is 0 Å². The average molecular weight is 308 g/mol. The zero-order chi connectivity index (χ0) is 17.2. The van der Waals surface area contributed by atoms with Gasteiger partial charge >= 0.3 is 0 Å². The first-order chi connectivity index (χ1) is 10.1. The average Bonchev–Trinajstić information content (AvgIpc) is 2.77. The topological polar surface area (TPSA) is 53.9 Å². The molecule has 0 aliphatic heterocycles. The molecular formula is C16H28N4O2. The molecule has 0 bridgehead atoms. The van der Waals surface area contributed by atoms with Crippen LogP contribution in [-0.2, 0) is 14.1 Å². The minimum absolute atomic E-state index is 0.0833. The van der Waals surface area contributed by atoms with E-state index in [2.05, 4.69) is 0 Å². The second-order valence-electron chi connectivity index (χ2n) is 6.17. The Morgan fingerprint density at radius 1 is 0.727 bits per heavy atom. The third-order valence-corrected chi connectivity index (χ3v) is 3.76. The summed E-state index contributed by atoms with van der Waals surface area (Å²) < 4.78 is 7.23. The quantitative estimate of drug-likeness (QED) is 0.853. The van der Waals surface area contributed by atoms with Crippen LogP contribution in [0.2, 0.25) is 0 Å². The van der Waals surface area contributed by atoms with Crippen molar-refractivity contribution in [1.29, 1.82) is 0 Å². The van der Waals surface area contributed by atoms with Gasteiger partial charge in [0.2, 0.25) is 0 Å². The van der Waals surface area contributed by atoms with Crippen molar-refractivity contribution in [2.24, 2.45) is 14.1 Å². The highest BCUT2D eigenvalue weighted by Crippen LogP contribution is 2.02. The highest BCUT2D eigenvalue weighted by atomic mass is 16.1. The fourth-order valence-electron chi connectivity index (χ4n) is 2.51. The predicted molar refractivity (Wildman–Crippen MR) is 89.6 cm³/mol. The molecule has 0 amide bonds. The van der Waals surface area contributed by atoms with Gasteiger partial charge in [-0.1, -0.05) is 0 Å². The van der Waals surface area contributed by atoms with E-state index in [4.69, 9.17) is 0 Å². The molecule has 0 N–H and O–H groups in total. The van der Waals surface area contributed by atoms with Crippen molar-refractivity contribution >= 4 is 0 Å². The summed E-state index contributed by atoms with van der Waals surface area (Å²) in [7, 11) is 3.80. The molecule has 0 aliphatic carbocycles. The van der Waals surface area contributed by atoms with Gasteiger partial charge in [-0.05, 0) is 41.5 Å². The van der Waals surface area contributed by atoms with Crippen molar-refractivity contribution < 1.29 is 0 Å². The molecule has 0 atom stereocenters. The SMILES string of the molecule is Cc1cc(=O)n(C(C)C)n1C.Cc1cc(=O)n(C(C)C)n1C. The summed E-state index contributed by atoms with van der Waals surface area (Å²) in [5.41, 5.74) is 2.17. The maximum atomic E-state index is 11.2. The summed E-state index contributed by atoms with van der Waals surface area (Å²) in [4.78, 5) is 22.5. The van der Waals surface area contributed by atoms with E-state index in [1.165, 1.54) is 0 Å². The van der Waals surface area contributed by atoms with Crippen LogP contribution in [-0.4, -0.2) is 18.7 Å². The molecule has 0 radical (unpaired) electrons. The molecule has 22 heavy (non-hydrogen) atoms. The lowest BCUT2D eigenvalue weighted by molar-refractivity contribution is 0.432. The fraction of sp³-hybridized carbons (Fsp3) is 0.625. The van der Waals surface area contributed by atoms with Crippen molar-refractivity contribution in [2.45, 2.75) is 53.6 Å². The van der Waals surface area contributed by atoms with Crippen LogP contribution in [0.4, 0.5) is 0 Å². The number of hydrogen-bond donors (Lipinski definition) is 0. The van der Waals surface area contributed by atoms with E-state index in [9.17, 15) is 9.59 Å². The molecule has 2 rings (SSSR count). The second kappa shape index (κ2) is 6.85. The standard InChI is InChI=1S/2C8H14N2O/c2*1-6(2)10-8(11)5-7(3)9(10)4/h2*5-6H,1-4H3. The van der Waals surface area contributed by atoms with Gasteiger partial charge in [0.25, 0.3) is 11.1 Å². The summed E-state index contributed by atoms with van der Waals surface area (Å²) in [6.45, 7) is 11.9. The molecule has 0 saturated heterocycles. The number of nitrogens with zero attached hydrogens (tertiary/aromatic N) is 4. The lowest BCUT2D eigenvalue weighted by Gasteiger charge is -2.11. The van der Waals surface area contributed by atoms with Gasteiger partial charge in [-0.15, -0.1) is 0 Å². The molecule has 6 nitrogen and oxygen atoms in total. The molecule has 0 aromatic carbocycles. The van der Waals surface area contributed by atoms with Gasteiger partial charge in [0.05, 0.1) is 0 Å². The molecular weight excluding hydrogens is 280 g/mol. The normalized spacial score (nSPS) is 11.0. The van der Waals surface area contributed by atoms with Gasteiger partial charge < -0.3 is 0 Å². The van der Waals surface area contributed by atoms with Crippen LogP contribution in [0.3, 0.4) is 0 Å². The molecule has 6 heteroatoms. The highest BCUT2D eigenvalue weighted by molar-refractivity contribution is 4.99. The van der Waals surface area contributed by atoms with Crippen molar-refractivity contribution in [1.82, 2.24) is 18.7 Å². The summed E-state index contributed by atoms with van der Waals surface area (Å²) in [6.07, 6.45) is 0. The Bertz CT molecular complexity index is 677. The molecule has 0 fully saturated rings. The Kier molecular flexibility index (Phi) is 5.63. The van der Waals surface area contributed by atoms with Crippen molar-refractivity contribution in [3.8, 4) is 0 Å². The Balaban J connectivity index is 0.000000220. The van der Waals surface area contributed by atoms with Crippen LogP contribution >= 0.6 is 0 Å². The molecule has 0 aliphatic rings. The Morgan fingerprint density at radius 2 is 1.00 bits per heavy atom. The molecule has 2 heterocycles. The van der Waals surface area contributed by atoms with E-state index >= 15 is 0 Å². The smallest absolute Gasteiger partial charge is 0.267 e. The molecule has 0 unspecified atom stereocenters. The zero-order valence-electron chi connectivity index (χ0n) is 14.9. The predicted octanol–water partition coefficient (Wildman–Crippen LogP) is 2.15. The minimum atomic E-state index is 0.0833. The van der Waals surface area contributed by atoms with Crippen LogP contribution in [0.1, 0.15) is 51.2 Å². The maximum absolute atomic E-state index is 11.2. The number of rotatable bonds is 2. The summed E-state index contributed by atoms with van der Waals surface area (Å²) in [5.74, 6) is 0. The van der Waals surface area contributed by atoms with Gasteiger partial charge in [0, 0.05) is 49.7 Å². The molecule has 0 spiro atoms. The van der Waals surface area contributed by atoms with E-state index in [1.807, 2.05) is 65.0 Å². The zero-order valence-corrected chi connectivity index (χ0v) is 14.9. The lowest BCUT2D eigenvalue weighted by Crippen LogP contribution is -2.23. The van der Waals surface area contributed by atoms with Crippen LogP contribution in [0, 0.1) is 13.8 Å². The summed E-state index contributed by atoms with van der Waals surface area (Å²) >= 11 is 0. The number of aryl methyl sites for hydroxylation is 2. The third kappa shape index (κ3) is 3.61. The van der Waals surface area contributed by atoms with Crippen LogP contribution in [0.25, 0.3) is 0 Å².